The Labute approximate surface area is 106 Å². The van der Waals surface area contributed by atoms with Crippen molar-refractivity contribution in [2.45, 2.75) is 26.8 Å². The molecule has 0 amide bonds. The Hall–Kier alpha value is -1.13. The number of nitrogens with one attached hydrogen (secondary N) is 1. The van der Waals surface area contributed by atoms with Crippen molar-refractivity contribution in [1.82, 2.24) is 5.32 Å². The second-order valence-electron chi connectivity index (χ2n) is 3.51. The number of esters is 1. The van der Waals surface area contributed by atoms with Crippen molar-refractivity contribution in [3.05, 3.63) is 34.0 Å². The second-order valence-corrected chi connectivity index (χ2v) is 4.51. The van der Waals surface area contributed by atoms with Crippen LogP contribution in [0.15, 0.2) is 23.6 Å². The van der Waals surface area contributed by atoms with E-state index in [9.17, 15) is 4.79 Å². The molecule has 1 aromatic heterocycles. The smallest absolute Gasteiger partial charge is 0.330 e. The van der Waals surface area contributed by atoms with Crippen LogP contribution in [0.25, 0.3) is 0 Å². The minimum absolute atomic E-state index is 0.278. The van der Waals surface area contributed by atoms with Crippen molar-refractivity contribution in [2.75, 3.05) is 13.2 Å². The van der Waals surface area contributed by atoms with Crippen LogP contribution in [0.1, 0.15) is 24.3 Å². The quantitative estimate of drug-likeness (QED) is 0.461. The lowest BCUT2D eigenvalue weighted by Crippen LogP contribution is -2.13. The molecule has 4 heteroatoms. The molecule has 1 N–H and O–H groups in total. The summed E-state index contributed by atoms with van der Waals surface area (Å²) in [5.41, 5.74) is 1.40. The minimum atomic E-state index is -0.278. The molecule has 0 saturated heterocycles. The summed E-state index contributed by atoms with van der Waals surface area (Å²) < 4.78 is 4.78. The van der Waals surface area contributed by atoms with Crippen molar-refractivity contribution >= 4 is 17.3 Å². The van der Waals surface area contributed by atoms with Gasteiger partial charge in [-0.2, -0.15) is 0 Å². The van der Waals surface area contributed by atoms with E-state index in [0.29, 0.717) is 13.2 Å². The van der Waals surface area contributed by atoms with Crippen molar-refractivity contribution in [3.63, 3.8) is 0 Å². The fourth-order valence-electron chi connectivity index (χ4n) is 1.45. The molecule has 0 bridgehead atoms. The third-order valence-corrected chi connectivity index (χ3v) is 3.27. The fraction of sp³-hybridized carbons (Fsp3) is 0.462. The molecule has 0 unspecified atom stereocenters. The Morgan fingerprint density at radius 2 is 2.35 bits per heavy atom. The van der Waals surface area contributed by atoms with E-state index in [1.54, 1.807) is 24.3 Å². The van der Waals surface area contributed by atoms with Gasteiger partial charge >= 0.3 is 5.97 Å². The second kappa shape index (κ2) is 8.03. The van der Waals surface area contributed by atoms with Crippen molar-refractivity contribution in [1.29, 1.82) is 0 Å². The van der Waals surface area contributed by atoms with Gasteiger partial charge in [-0.1, -0.05) is 13.0 Å². The van der Waals surface area contributed by atoms with E-state index in [1.165, 1.54) is 16.5 Å². The largest absolute Gasteiger partial charge is 0.463 e. The van der Waals surface area contributed by atoms with E-state index < -0.39 is 0 Å². The standard InChI is InChI=1S/C13H19NO2S/c1-3-11-7-9-17-12(11)10-14-8-5-6-13(15)16-4-2/h5-7,9,14H,3-4,8,10H2,1-2H3/b6-5+. The highest BCUT2D eigenvalue weighted by atomic mass is 32.1. The molecular weight excluding hydrogens is 234 g/mol. The zero-order valence-corrected chi connectivity index (χ0v) is 11.2. The highest BCUT2D eigenvalue weighted by Gasteiger charge is 2.00. The van der Waals surface area contributed by atoms with Gasteiger partial charge in [-0.3, -0.25) is 0 Å². The Balaban J connectivity index is 2.22. The summed E-state index contributed by atoms with van der Waals surface area (Å²) in [5.74, 6) is -0.278. The lowest BCUT2D eigenvalue weighted by molar-refractivity contribution is -0.137. The van der Waals surface area contributed by atoms with Crippen LogP contribution in [-0.4, -0.2) is 19.1 Å². The number of hydrogen-bond donors (Lipinski definition) is 1. The van der Waals surface area contributed by atoms with Crippen molar-refractivity contribution in [2.24, 2.45) is 0 Å². The Morgan fingerprint density at radius 1 is 1.53 bits per heavy atom. The molecule has 17 heavy (non-hydrogen) atoms. The Morgan fingerprint density at radius 3 is 3.06 bits per heavy atom. The molecular formula is C13H19NO2S. The first-order valence-electron chi connectivity index (χ1n) is 5.87. The monoisotopic (exact) mass is 253 g/mol. The van der Waals surface area contributed by atoms with Gasteiger partial charge in [-0.15, -0.1) is 11.3 Å². The van der Waals surface area contributed by atoms with Crippen LogP contribution in [0, 0.1) is 0 Å². The first-order valence-corrected chi connectivity index (χ1v) is 6.75. The van der Waals surface area contributed by atoms with Crippen LogP contribution >= 0.6 is 11.3 Å². The fourth-order valence-corrected chi connectivity index (χ4v) is 2.40. The summed E-state index contributed by atoms with van der Waals surface area (Å²) in [6.07, 6.45) is 4.32. The molecule has 0 fully saturated rings. The number of aryl methyl sites for hydroxylation is 1. The van der Waals surface area contributed by atoms with Gasteiger partial charge in [0.1, 0.15) is 0 Å². The normalized spacial score (nSPS) is 10.9. The van der Waals surface area contributed by atoms with E-state index in [2.05, 4.69) is 23.7 Å². The third-order valence-electron chi connectivity index (χ3n) is 2.31. The van der Waals surface area contributed by atoms with Gasteiger partial charge < -0.3 is 10.1 Å². The summed E-state index contributed by atoms with van der Waals surface area (Å²) in [6, 6.07) is 2.16. The lowest BCUT2D eigenvalue weighted by Gasteiger charge is -2.02. The molecule has 1 heterocycles. The van der Waals surface area contributed by atoms with E-state index >= 15 is 0 Å². The SMILES string of the molecule is CCOC(=O)/C=C/CNCc1sccc1CC. The molecule has 1 rings (SSSR count). The van der Waals surface area contributed by atoms with E-state index in [4.69, 9.17) is 4.74 Å². The molecule has 0 aromatic carbocycles. The highest BCUT2D eigenvalue weighted by Crippen LogP contribution is 2.16. The molecule has 0 spiro atoms. The average molecular weight is 253 g/mol. The molecule has 0 aliphatic carbocycles. The van der Waals surface area contributed by atoms with Gasteiger partial charge in [-0.05, 0) is 30.4 Å². The maximum Gasteiger partial charge on any atom is 0.330 e. The summed E-state index contributed by atoms with van der Waals surface area (Å²) in [6.45, 7) is 5.92. The zero-order chi connectivity index (χ0) is 12.5. The zero-order valence-electron chi connectivity index (χ0n) is 10.4. The van der Waals surface area contributed by atoms with Crippen LogP contribution in [-0.2, 0) is 22.5 Å². The van der Waals surface area contributed by atoms with E-state index in [-0.39, 0.29) is 5.97 Å². The van der Waals surface area contributed by atoms with E-state index in [1.807, 2.05) is 0 Å². The van der Waals surface area contributed by atoms with Crippen LogP contribution in [0.4, 0.5) is 0 Å². The average Bonchev–Trinajstić information content (AvgIpc) is 2.76. The van der Waals surface area contributed by atoms with Gasteiger partial charge in [0.2, 0.25) is 0 Å². The molecule has 94 valence electrons. The Kier molecular flexibility index (Phi) is 6.58. The van der Waals surface area contributed by atoms with E-state index in [0.717, 1.165) is 13.0 Å². The molecule has 0 saturated carbocycles. The van der Waals surface area contributed by atoms with Gasteiger partial charge in [0, 0.05) is 24.0 Å². The number of thiophene rings is 1. The predicted octanol–water partition coefficient (Wildman–Crippen LogP) is 2.52. The molecule has 0 aliphatic rings. The molecule has 0 atom stereocenters. The van der Waals surface area contributed by atoms with Crippen molar-refractivity contribution in [3.8, 4) is 0 Å². The Bertz CT molecular complexity index is 371. The number of carbonyl (C=O) groups is 1. The molecule has 3 nitrogen and oxygen atoms in total. The molecule has 0 radical (unpaired) electrons. The first-order chi connectivity index (χ1) is 8.27. The lowest BCUT2D eigenvalue weighted by atomic mass is 10.2. The summed E-state index contributed by atoms with van der Waals surface area (Å²) in [5, 5.41) is 5.39. The minimum Gasteiger partial charge on any atom is -0.463 e. The highest BCUT2D eigenvalue weighted by molar-refractivity contribution is 7.10. The number of carbonyl (C=O) groups excluding carboxylic acids is 1. The maximum absolute atomic E-state index is 11.0. The van der Waals surface area contributed by atoms with Crippen molar-refractivity contribution < 1.29 is 9.53 Å². The van der Waals surface area contributed by atoms with Crippen LogP contribution in [0.5, 0.6) is 0 Å². The topological polar surface area (TPSA) is 38.3 Å². The number of hydrogen-bond acceptors (Lipinski definition) is 4. The number of ether oxygens (including phenoxy) is 1. The van der Waals surface area contributed by atoms with Crippen LogP contribution in [0.3, 0.4) is 0 Å². The third kappa shape index (κ3) is 5.15. The van der Waals surface area contributed by atoms with Crippen LogP contribution < -0.4 is 5.32 Å². The first kappa shape index (κ1) is 13.9. The number of rotatable bonds is 7. The summed E-state index contributed by atoms with van der Waals surface area (Å²) in [4.78, 5) is 12.4. The summed E-state index contributed by atoms with van der Waals surface area (Å²) >= 11 is 1.77. The predicted molar refractivity (Wildman–Crippen MR) is 71.2 cm³/mol. The van der Waals surface area contributed by atoms with Gasteiger partial charge in [0.25, 0.3) is 0 Å². The summed E-state index contributed by atoms with van der Waals surface area (Å²) in [7, 11) is 0. The van der Waals surface area contributed by atoms with Gasteiger partial charge in [0.15, 0.2) is 0 Å². The van der Waals surface area contributed by atoms with Gasteiger partial charge in [0.05, 0.1) is 6.61 Å². The van der Waals surface area contributed by atoms with Gasteiger partial charge in [-0.25, -0.2) is 4.79 Å². The molecule has 0 aliphatic heterocycles. The van der Waals surface area contributed by atoms with Crippen LogP contribution in [0.2, 0.25) is 0 Å². The molecule has 1 aromatic rings. The maximum atomic E-state index is 11.0.